The average Bonchev–Trinajstić information content (AvgIpc) is 2.99. The van der Waals surface area contributed by atoms with Crippen molar-refractivity contribution in [2.45, 2.75) is 84.5 Å². The molecule has 3 N–H and O–H groups in total. The molecule has 0 unspecified atom stereocenters. The number of rotatable bonds is 5. The molecule has 1 fully saturated rings. The lowest BCUT2D eigenvalue weighted by Crippen LogP contribution is -2.56. The second kappa shape index (κ2) is 9.95. The van der Waals surface area contributed by atoms with E-state index in [0.29, 0.717) is 38.8 Å². The van der Waals surface area contributed by atoms with Crippen LogP contribution in [0.4, 0.5) is 9.59 Å². The fourth-order valence-corrected chi connectivity index (χ4v) is 2.79. The van der Waals surface area contributed by atoms with Gasteiger partial charge >= 0.3 is 18.1 Å². The van der Waals surface area contributed by atoms with Crippen LogP contribution < -0.4 is 11.2 Å². The summed E-state index contributed by atoms with van der Waals surface area (Å²) < 4.78 is 10.7. The maximum Gasteiger partial charge on any atom is 0.426 e. The number of amides is 3. The number of unbranched alkanes of at least 4 members (excludes halogenated alkanes) is 1. The Morgan fingerprint density at radius 1 is 1.07 bits per heavy atom. The first kappa shape index (κ1) is 24.0. The summed E-state index contributed by atoms with van der Waals surface area (Å²) in [6.07, 6.45) is 1.82. The predicted molar refractivity (Wildman–Crippen MR) is 105 cm³/mol. The van der Waals surface area contributed by atoms with Crippen molar-refractivity contribution in [3.8, 4) is 0 Å². The topological polar surface area (TPSA) is 114 Å². The molecule has 1 rings (SSSR count). The van der Waals surface area contributed by atoms with Crippen LogP contribution in [-0.2, 0) is 14.3 Å². The molecule has 0 aromatic carbocycles. The summed E-state index contributed by atoms with van der Waals surface area (Å²) in [5.74, 6) is -0.433. The molecule has 1 aliphatic heterocycles. The minimum absolute atomic E-state index is 0.271. The number of nitrogens with one attached hydrogen (secondary N) is 1. The Hall–Kier alpha value is -2.03. The molecule has 0 aromatic heterocycles. The number of likely N-dealkylation sites (tertiary alicyclic amines) is 1. The average molecular weight is 401 g/mol. The Morgan fingerprint density at radius 2 is 1.68 bits per heavy atom. The number of ether oxygens (including phenoxy) is 2. The Bertz CT molecular complexity index is 554. The van der Waals surface area contributed by atoms with Crippen LogP contribution in [0.3, 0.4) is 0 Å². The van der Waals surface area contributed by atoms with E-state index in [1.165, 1.54) is 9.91 Å². The highest BCUT2D eigenvalue weighted by atomic mass is 16.6. The van der Waals surface area contributed by atoms with Gasteiger partial charge in [-0.05, 0) is 73.8 Å². The molecular formula is C19H36N4O5. The standard InChI is InChI=1S/C19H36N4O5/c1-18(2,3)27-15(24)14-10-9-12-22(14)17(26)23(13-8-7-11-20)21-16(25)28-19(4,5)6/h14H,7-13,20H2,1-6H3,(H,21,25)/t14-/m0/s1. The van der Waals surface area contributed by atoms with Gasteiger partial charge in [-0.25, -0.2) is 24.8 Å². The molecule has 0 spiro atoms. The summed E-state index contributed by atoms with van der Waals surface area (Å²) in [6.45, 7) is 11.8. The van der Waals surface area contributed by atoms with E-state index in [0.717, 1.165) is 0 Å². The van der Waals surface area contributed by atoms with Crippen molar-refractivity contribution in [3.05, 3.63) is 0 Å². The van der Waals surface area contributed by atoms with E-state index in [4.69, 9.17) is 15.2 Å². The Labute approximate surface area is 167 Å². The molecule has 0 bridgehead atoms. The maximum absolute atomic E-state index is 13.1. The Morgan fingerprint density at radius 3 is 2.21 bits per heavy atom. The third kappa shape index (κ3) is 8.33. The van der Waals surface area contributed by atoms with Crippen LogP contribution in [0.1, 0.15) is 67.2 Å². The van der Waals surface area contributed by atoms with Crippen molar-refractivity contribution in [1.29, 1.82) is 0 Å². The number of esters is 1. The van der Waals surface area contributed by atoms with Crippen LogP contribution in [-0.4, -0.2) is 64.9 Å². The molecule has 1 aliphatic rings. The monoisotopic (exact) mass is 400 g/mol. The number of hydrogen-bond donors (Lipinski definition) is 2. The zero-order chi connectivity index (χ0) is 21.5. The first-order valence-corrected chi connectivity index (χ1v) is 9.85. The second-order valence-electron chi connectivity index (χ2n) is 8.93. The van der Waals surface area contributed by atoms with Gasteiger partial charge in [0.15, 0.2) is 0 Å². The number of hydrazine groups is 1. The van der Waals surface area contributed by atoms with Gasteiger partial charge in [0, 0.05) is 13.1 Å². The van der Waals surface area contributed by atoms with Gasteiger partial charge in [0.25, 0.3) is 0 Å². The highest BCUT2D eigenvalue weighted by Crippen LogP contribution is 2.22. The smallest absolute Gasteiger partial charge is 0.426 e. The molecular weight excluding hydrogens is 364 g/mol. The third-order valence-corrected chi connectivity index (χ3v) is 3.87. The van der Waals surface area contributed by atoms with Gasteiger partial charge in [0.05, 0.1) is 0 Å². The molecule has 0 aromatic rings. The van der Waals surface area contributed by atoms with Crippen molar-refractivity contribution in [3.63, 3.8) is 0 Å². The number of carbonyl (C=O) groups is 3. The van der Waals surface area contributed by atoms with Gasteiger partial charge in [-0.1, -0.05) is 0 Å². The summed E-state index contributed by atoms with van der Waals surface area (Å²) >= 11 is 0. The number of nitrogens with two attached hydrogens (primary N) is 1. The van der Waals surface area contributed by atoms with Gasteiger partial charge in [0.1, 0.15) is 17.2 Å². The number of urea groups is 1. The van der Waals surface area contributed by atoms with Gasteiger partial charge in [-0.15, -0.1) is 0 Å². The Kier molecular flexibility index (Phi) is 8.53. The van der Waals surface area contributed by atoms with E-state index < -0.39 is 35.3 Å². The fraction of sp³-hybridized carbons (Fsp3) is 0.842. The zero-order valence-electron chi connectivity index (χ0n) is 18.0. The van der Waals surface area contributed by atoms with Crippen molar-refractivity contribution < 1.29 is 23.9 Å². The normalized spacial score (nSPS) is 17.2. The van der Waals surface area contributed by atoms with Crippen LogP contribution in [0.5, 0.6) is 0 Å². The lowest BCUT2D eigenvalue weighted by atomic mass is 10.1. The summed E-state index contributed by atoms with van der Waals surface area (Å²) in [5.41, 5.74) is 6.71. The zero-order valence-corrected chi connectivity index (χ0v) is 18.0. The van der Waals surface area contributed by atoms with E-state index in [2.05, 4.69) is 5.43 Å². The third-order valence-electron chi connectivity index (χ3n) is 3.87. The number of nitrogens with zero attached hydrogens (tertiary/aromatic N) is 2. The minimum Gasteiger partial charge on any atom is -0.458 e. The highest BCUT2D eigenvalue weighted by Gasteiger charge is 2.39. The molecule has 0 aliphatic carbocycles. The molecule has 3 amide bonds. The van der Waals surface area contributed by atoms with Crippen LogP contribution in [0.25, 0.3) is 0 Å². The molecule has 0 radical (unpaired) electrons. The second-order valence-corrected chi connectivity index (χ2v) is 8.93. The summed E-state index contributed by atoms with van der Waals surface area (Å²) in [6, 6.07) is -1.11. The summed E-state index contributed by atoms with van der Waals surface area (Å²) in [5, 5.41) is 1.20. The number of carbonyl (C=O) groups excluding carboxylic acids is 3. The molecule has 1 saturated heterocycles. The fourth-order valence-electron chi connectivity index (χ4n) is 2.79. The largest absolute Gasteiger partial charge is 0.458 e. The van der Waals surface area contributed by atoms with Gasteiger partial charge in [-0.3, -0.25) is 0 Å². The van der Waals surface area contributed by atoms with Crippen molar-refractivity contribution >= 4 is 18.1 Å². The summed E-state index contributed by atoms with van der Waals surface area (Å²) in [7, 11) is 0. The molecule has 9 nitrogen and oxygen atoms in total. The molecule has 162 valence electrons. The first-order chi connectivity index (χ1) is 12.8. The Balaban J connectivity index is 2.87. The molecule has 1 atom stereocenters. The SMILES string of the molecule is CC(C)(C)OC(=O)NN(CCCCN)C(=O)N1CCC[C@H]1C(=O)OC(C)(C)C. The summed E-state index contributed by atoms with van der Waals surface area (Å²) in [4.78, 5) is 39.2. The van der Waals surface area contributed by atoms with Crippen LogP contribution in [0, 0.1) is 0 Å². The van der Waals surface area contributed by atoms with E-state index in [-0.39, 0.29) is 6.54 Å². The van der Waals surface area contributed by atoms with Crippen LogP contribution in [0.2, 0.25) is 0 Å². The van der Waals surface area contributed by atoms with Gasteiger partial charge < -0.3 is 20.1 Å². The van der Waals surface area contributed by atoms with Crippen LogP contribution >= 0.6 is 0 Å². The van der Waals surface area contributed by atoms with Crippen LogP contribution in [0.15, 0.2) is 0 Å². The maximum atomic E-state index is 13.1. The quantitative estimate of drug-likeness (QED) is 0.416. The van der Waals surface area contributed by atoms with Gasteiger partial charge in [0.2, 0.25) is 0 Å². The molecule has 9 heteroatoms. The molecule has 1 heterocycles. The van der Waals surface area contributed by atoms with Crippen molar-refractivity contribution in [2.24, 2.45) is 5.73 Å². The predicted octanol–water partition coefficient (Wildman–Crippen LogP) is 2.39. The van der Waals surface area contributed by atoms with Crippen molar-refractivity contribution in [1.82, 2.24) is 15.3 Å². The van der Waals surface area contributed by atoms with E-state index >= 15 is 0 Å². The lowest BCUT2D eigenvalue weighted by Gasteiger charge is -2.32. The molecule has 28 heavy (non-hydrogen) atoms. The minimum atomic E-state index is -0.721. The highest BCUT2D eigenvalue weighted by molar-refractivity contribution is 5.85. The van der Waals surface area contributed by atoms with E-state index in [9.17, 15) is 14.4 Å². The first-order valence-electron chi connectivity index (χ1n) is 9.85. The van der Waals surface area contributed by atoms with Crippen molar-refractivity contribution in [2.75, 3.05) is 19.6 Å². The van der Waals surface area contributed by atoms with E-state index in [1.807, 2.05) is 0 Å². The molecule has 0 saturated carbocycles. The number of hydrogen-bond acceptors (Lipinski definition) is 6. The lowest BCUT2D eigenvalue weighted by molar-refractivity contribution is -0.159. The van der Waals surface area contributed by atoms with E-state index in [1.54, 1.807) is 41.5 Å². The van der Waals surface area contributed by atoms with Gasteiger partial charge in [-0.2, -0.15) is 0 Å².